The van der Waals surface area contributed by atoms with Crippen molar-refractivity contribution in [2.75, 3.05) is 26.2 Å². The minimum Gasteiger partial charge on any atom is -0.336 e. The van der Waals surface area contributed by atoms with Gasteiger partial charge in [0.25, 0.3) is 5.91 Å². The van der Waals surface area contributed by atoms with Crippen LogP contribution in [-0.2, 0) is 11.2 Å². The Morgan fingerprint density at radius 1 is 1.00 bits per heavy atom. The summed E-state index contributed by atoms with van der Waals surface area (Å²) in [7, 11) is 0. The molecule has 1 aliphatic carbocycles. The first-order chi connectivity index (χ1) is 16.6. The van der Waals surface area contributed by atoms with Crippen molar-refractivity contribution < 1.29 is 9.59 Å². The van der Waals surface area contributed by atoms with E-state index < -0.39 is 0 Å². The Bertz CT molecular complexity index is 1080. The van der Waals surface area contributed by atoms with Gasteiger partial charge in [-0.25, -0.2) is 0 Å². The minimum absolute atomic E-state index is 0.0393. The summed E-state index contributed by atoms with van der Waals surface area (Å²) in [4.78, 5) is 29.8. The van der Waals surface area contributed by atoms with E-state index in [1.165, 1.54) is 6.42 Å². The van der Waals surface area contributed by atoms with Gasteiger partial charge in [0.05, 0.1) is 18.4 Å². The summed E-state index contributed by atoms with van der Waals surface area (Å²) in [6.45, 7) is 2.73. The quantitative estimate of drug-likeness (QED) is 0.737. The van der Waals surface area contributed by atoms with Crippen LogP contribution < -0.4 is 10.6 Å². The molecule has 3 fully saturated rings. The first kappa shape index (κ1) is 22.6. The van der Waals surface area contributed by atoms with Gasteiger partial charge in [0.15, 0.2) is 0 Å². The van der Waals surface area contributed by atoms with E-state index in [1.54, 1.807) is 0 Å². The third kappa shape index (κ3) is 4.70. The second-order valence-electron chi connectivity index (χ2n) is 9.52. The molecule has 0 radical (unpaired) electrons. The van der Waals surface area contributed by atoms with Crippen molar-refractivity contribution in [3.8, 4) is 17.2 Å². The number of nitrogens with zero attached hydrogens (tertiary/aromatic N) is 3. The molecule has 2 aromatic carbocycles. The maximum Gasteiger partial charge on any atom is 0.253 e. The molecule has 0 bridgehead atoms. The van der Waals surface area contributed by atoms with Gasteiger partial charge < -0.3 is 10.2 Å². The molecule has 2 saturated heterocycles. The largest absolute Gasteiger partial charge is 0.336 e. The van der Waals surface area contributed by atoms with Crippen molar-refractivity contribution in [1.29, 1.82) is 5.26 Å². The van der Waals surface area contributed by atoms with Crippen LogP contribution in [0, 0.1) is 17.2 Å². The van der Waals surface area contributed by atoms with Crippen molar-refractivity contribution in [3.63, 3.8) is 0 Å². The van der Waals surface area contributed by atoms with Gasteiger partial charge in [-0.15, -0.1) is 0 Å². The number of nitriles is 1. The number of amides is 2. The highest BCUT2D eigenvalue weighted by atomic mass is 16.2. The minimum atomic E-state index is -0.139. The van der Waals surface area contributed by atoms with E-state index in [0.717, 1.165) is 49.0 Å². The Morgan fingerprint density at radius 3 is 2.53 bits per heavy atom. The molecule has 3 unspecified atom stereocenters. The molecule has 3 aliphatic rings. The van der Waals surface area contributed by atoms with Crippen LogP contribution in [0.15, 0.2) is 48.5 Å². The SMILES string of the molecule is N#CCc1cccc(-c2ccc(C(=O)N3CCN(C4NC(=O)C5CCCCC5N4)CC3)cc2)c1. The number of fused-ring (bicyclic) bond motifs is 1. The van der Waals surface area contributed by atoms with Crippen LogP contribution >= 0.6 is 0 Å². The van der Waals surface area contributed by atoms with Crippen LogP contribution in [-0.4, -0.2) is 60.1 Å². The number of nitrogens with one attached hydrogen (secondary N) is 2. The second kappa shape index (κ2) is 9.96. The Morgan fingerprint density at radius 2 is 1.76 bits per heavy atom. The van der Waals surface area contributed by atoms with E-state index in [2.05, 4.69) is 21.6 Å². The molecule has 7 nitrogen and oxygen atoms in total. The number of carbonyl (C=O) groups excluding carboxylic acids is 2. The summed E-state index contributed by atoms with van der Waals surface area (Å²) in [6, 6.07) is 18.1. The molecule has 2 heterocycles. The van der Waals surface area contributed by atoms with E-state index in [4.69, 9.17) is 5.26 Å². The second-order valence-corrected chi connectivity index (χ2v) is 9.52. The smallest absolute Gasteiger partial charge is 0.253 e. The molecule has 2 amide bonds. The fourth-order valence-electron chi connectivity index (χ4n) is 5.45. The highest BCUT2D eigenvalue weighted by molar-refractivity contribution is 5.94. The van der Waals surface area contributed by atoms with Crippen LogP contribution in [0.1, 0.15) is 41.6 Å². The number of hydrogen-bond donors (Lipinski definition) is 2. The zero-order valence-electron chi connectivity index (χ0n) is 19.4. The summed E-state index contributed by atoms with van der Waals surface area (Å²) < 4.78 is 0. The first-order valence-electron chi connectivity index (χ1n) is 12.3. The Kier molecular flexibility index (Phi) is 6.61. The van der Waals surface area contributed by atoms with Gasteiger partial charge in [-0.1, -0.05) is 49.2 Å². The molecule has 0 spiro atoms. The number of rotatable bonds is 4. The molecule has 2 aliphatic heterocycles. The first-order valence-corrected chi connectivity index (χ1v) is 12.3. The van der Waals surface area contributed by atoms with Crippen molar-refractivity contribution >= 4 is 11.8 Å². The van der Waals surface area contributed by atoms with Crippen molar-refractivity contribution in [2.24, 2.45) is 5.92 Å². The summed E-state index contributed by atoms with van der Waals surface area (Å²) in [5, 5.41) is 15.7. The average molecular weight is 458 g/mol. The molecule has 0 aromatic heterocycles. The Hall–Kier alpha value is -3.21. The molecule has 1 saturated carbocycles. The lowest BCUT2D eigenvalue weighted by atomic mass is 9.82. The predicted molar refractivity (Wildman–Crippen MR) is 129 cm³/mol. The Balaban J connectivity index is 1.18. The molecular formula is C27H31N5O2. The lowest BCUT2D eigenvalue weighted by molar-refractivity contribution is -0.134. The summed E-state index contributed by atoms with van der Waals surface area (Å²) in [6.07, 6.45) is 4.60. The van der Waals surface area contributed by atoms with E-state index in [9.17, 15) is 9.59 Å². The number of benzene rings is 2. The summed E-state index contributed by atoms with van der Waals surface area (Å²) in [5.41, 5.74) is 3.74. The van der Waals surface area contributed by atoms with E-state index in [-0.39, 0.29) is 30.1 Å². The van der Waals surface area contributed by atoms with Gasteiger partial charge >= 0.3 is 0 Å². The third-order valence-electron chi connectivity index (χ3n) is 7.40. The lowest BCUT2D eigenvalue weighted by Crippen LogP contribution is -2.69. The number of hydrogen-bond acceptors (Lipinski definition) is 5. The molecule has 176 valence electrons. The summed E-state index contributed by atoms with van der Waals surface area (Å²) >= 11 is 0. The zero-order valence-corrected chi connectivity index (χ0v) is 19.4. The molecule has 7 heteroatoms. The average Bonchev–Trinajstić information content (AvgIpc) is 2.89. The maximum atomic E-state index is 13.1. The van der Waals surface area contributed by atoms with Gasteiger partial charge in [0.1, 0.15) is 6.29 Å². The Labute approximate surface area is 200 Å². The monoisotopic (exact) mass is 457 g/mol. The number of piperazine rings is 1. The summed E-state index contributed by atoms with van der Waals surface area (Å²) in [5.74, 6) is 0.312. The maximum absolute atomic E-state index is 13.1. The van der Waals surface area contributed by atoms with Crippen molar-refractivity contribution in [2.45, 2.75) is 44.4 Å². The van der Waals surface area contributed by atoms with Gasteiger partial charge in [0, 0.05) is 37.8 Å². The van der Waals surface area contributed by atoms with E-state index in [0.29, 0.717) is 25.1 Å². The van der Waals surface area contributed by atoms with Crippen LogP contribution in [0.25, 0.3) is 11.1 Å². The molecule has 2 aromatic rings. The highest BCUT2D eigenvalue weighted by Crippen LogP contribution is 2.28. The molecule has 3 atom stereocenters. The van der Waals surface area contributed by atoms with Crippen molar-refractivity contribution in [1.82, 2.24) is 20.4 Å². The highest BCUT2D eigenvalue weighted by Gasteiger charge is 2.39. The molecule has 5 rings (SSSR count). The van der Waals surface area contributed by atoms with E-state index in [1.807, 2.05) is 53.4 Å². The molecular weight excluding hydrogens is 426 g/mol. The number of carbonyl (C=O) groups is 2. The van der Waals surface area contributed by atoms with Gasteiger partial charge in [-0.3, -0.25) is 19.8 Å². The molecule has 34 heavy (non-hydrogen) atoms. The van der Waals surface area contributed by atoms with Crippen LogP contribution in [0.4, 0.5) is 0 Å². The standard InChI is InChI=1S/C27H31N5O2/c28-13-12-19-4-3-5-22(18-19)20-8-10-21(11-9-20)26(34)31-14-16-32(17-15-31)27-29-24-7-2-1-6-23(24)25(33)30-27/h3-5,8-11,18,23-24,27,29H,1-2,6-7,12,14-17H2,(H,30,33). The topological polar surface area (TPSA) is 88.5 Å². The zero-order chi connectivity index (χ0) is 23.5. The van der Waals surface area contributed by atoms with Gasteiger partial charge in [-0.2, -0.15) is 5.26 Å². The van der Waals surface area contributed by atoms with Gasteiger partial charge in [0.2, 0.25) is 5.91 Å². The fourth-order valence-corrected chi connectivity index (χ4v) is 5.45. The van der Waals surface area contributed by atoms with E-state index >= 15 is 0 Å². The molecule has 2 N–H and O–H groups in total. The predicted octanol–water partition coefficient (Wildman–Crippen LogP) is 2.74. The lowest BCUT2D eigenvalue weighted by Gasteiger charge is -2.46. The van der Waals surface area contributed by atoms with Crippen LogP contribution in [0.3, 0.4) is 0 Å². The normalized spacial score (nSPS) is 25.2. The van der Waals surface area contributed by atoms with Crippen LogP contribution in [0.2, 0.25) is 0 Å². The van der Waals surface area contributed by atoms with Gasteiger partial charge in [-0.05, 0) is 41.7 Å². The third-order valence-corrected chi connectivity index (χ3v) is 7.40. The van der Waals surface area contributed by atoms with Crippen molar-refractivity contribution in [3.05, 3.63) is 59.7 Å². The fraction of sp³-hybridized carbons (Fsp3) is 0.444. The van der Waals surface area contributed by atoms with Crippen LogP contribution in [0.5, 0.6) is 0 Å².